The molecule has 1 fully saturated rings. The number of hydrogen-bond donors (Lipinski definition) is 1. The minimum atomic E-state index is -0.506. The first kappa shape index (κ1) is 13.9. The first-order chi connectivity index (χ1) is 9.11. The van der Waals surface area contributed by atoms with Crippen LogP contribution in [0.5, 0.6) is 0 Å². The van der Waals surface area contributed by atoms with Crippen molar-refractivity contribution in [3.05, 3.63) is 29.3 Å². The van der Waals surface area contributed by atoms with Gasteiger partial charge in [0.1, 0.15) is 0 Å². The van der Waals surface area contributed by atoms with E-state index in [9.17, 15) is 5.11 Å². The number of hydrogen-bond acceptors (Lipinski definition) is 3. The molecule has 1 saturated carbocycles. The predicted molar refractivity (Wildman–Crippen MR) is 77.0 cm³/mol. The maximum absolute atomic E-state index is 9.87. The van der Waals surface area contributed by atoms with E-state index in [1.54, 1.807) is 13.0 Å². The first-order valence-corrected chi connectivity index (χ1v) is 7.05. The molecule has 19 heavy (non-hydrogen) atoms. The second kappa shape index (κ2) is 6.08. The average Bonchev–Trinajstić information content (AvgIpc) is 2.90. The summed E-state index contributed by atoms with van der Waals surface area (Å²) in [6.07, 6.45) is 4.76. The van der Waals surface area contributed by atoms with Crippen LogP contribution in [0.4, 0.5) is 5.69 Å². The SMILES string of the molecule is C[C@H](O)c1ccc(C#N)cc1N(C)CC1CCCC1. The molecule has 0 unspecified atom stereocenters. The van der Waals surface area contributed by atoms with E-state index < -0.39 is 6.10 Å². The number of nitrogens with zero attached hydrogens (tertiary/aromatic N) is 2. The summed E-state index contributed by atoms with van der Waals surface area (Å²) in [5.74, 6) is 0.748. The number of nitriles is 1. The Balaban J connectivity index is 2.22. The standard InChI is InChI=1S/C16H22N2O/c1-12(19)15-8-7-14(10-17)9-16(15)18(2)11-13-5-3-4-6-13/h7-9,12-13,19H,3-6,11H2,1-2H3/t12-/m0/s1. The zero-order valence-electron chi connectivity index (χ0n) is 11.8. The van der Waals surface area contributed by atoms with E-state index in [0.29, 0.717) is 5.56 Å². The fourth-order valence-electron chi connectivity index (χ4n) is 2.98. The fraction of sp³-hybridized carbons (Fsp3) is 0.562. The molecule has 102 valence electrons. The summed E-state index contributed by atoms with van der Waals surface area (Å²) in [6, 6.07) is 7.70. The highest BCUT2D eigenvalue weighted by Gasteiger charge is 2.19. The van der Waals surface area contributed by atoms with Gasteiger partial charge in [-0.05, 0) is 37.8 Å². The number of benzene rings is 1. The number of aliphatic hydroxyl groups excluding tert-OH is 1. The second-order valence-electron chi connectivity index (χ2n) is 5.59. The monoisotopic (exact) mass is 258 g/mol. The van der Waals surface area contributed by atoms with Gasteiger partial charge in [-0.1, -0.05) is 18.9 Å². The van der Waals surface area contributed by atoms with Gasteiger partial charge in [-0.2, -0.15) is 5.26 Å². The molecule has 1 atom stereocenters. The van der Waals surface area contributed by atoms with Gasteiger partial charge in [0.05, 0.1) is 17.7 Å². The lowest BCUT2D eigenvalue weighted by Crippen LogP contribution is -2.25. The lowest BCUT2D eigenvalue weighted by molar-refractivity contribution is 0.199. The van der Waals surface area contributed by atoms with E-state index in [2.05, 4.69) is 18.0 Å². The summed E-state index contributed by atoms with van der Waals surface area (Å²) in [6.45, 7) is 2.78. The molecule has 3 nitrogen and oxygen atoms in total. The van der Waals surface area contributed by atoms with E-state index in [0.717, 1.165) is 23.7 Å². The van der Waals surface area contributed by atoms with E-state index in [1.807, 2.05) is 12.1 Å². The Morgan fingerprint density at radius 2 is 2.11 bits per heavy atom. The van der Waals surface area contributed by atoms with Gasteiger partial charge in [0.25, 0.3) is 0 Å². The van der Waals surface area contributed by atoms with Gasteiger partial charge in [0, 0.05) is 24.8 Å². The maximum Gasteiger partial charge on any atom is 0.0992 e. The molecule has 3 heteroatoms. The normalized spacial score (nSPS) is 17.2. The van der Waals surface area contributed by atoms with Crippen molar-refractivity contribution in [1.82, 2.24) is 0 Å². The van der Waals surface area contributed by atoms with E-state index >= 15 is 0 Å². The molecule has 0 aromatic heterocycles. The molecule has 0 aliphatic heterocycles. The smallest absolute Gasteiger partial charge is 0.0992 e. The highest BCUT2D eigenvalue weighted by Crippen LogP contribution is 2.30. The van der Waals surface area contributed by atoms with E-state index in [1.165, 1.54) is 25.7 Å². The molecule has 1 N–H and O–H groups in total. The first-order valence-electron chi connectivity index (χ1n) is 7.05. The molecule has 0 saturated heterocycles. The van der Waals surface area contributed by atoms with E-state index in [-0.39, 0.29) is 0 Å². The summed E-state index contributed by atoms with van der Waals surface area (Å²) in [5, 5.41) is 18.9. The Morgan fingerprint density at radius 3 is 2.68 bits per heavy atom. The van der Waals surface area contributed by atoms with Crippen molar-refractivity contribution in [2.75, 3.05) is 18.5 Å². The second-order valence-corrected chi connectivity index (χ2v) is 5.59. The zero-order chi connectivity index (χ0) is 13.8. The van der Waals surface area contributed by atoms with Crippen LogP contribution in [0.25, 0.3) is 0 Å². The minimum Gasteiger partial charge on any atom is -0.389 e. The van der Waals surface area contributed by atoms with Crippen LogP contribution in [0.15, 0.2) is 18.2 Å². The summed E-state index contributed by atoms with van der Waals surface area (Å²) >= 11 is 0. The van der Waals surface area contributed by atoms with Gasteiger partial charge in [0.15, 0.2) is 0 Å². The van der Waals surface area contributed by atoms with Gasteiger partial charge >= 0.3 is 0 Å². The predicted octanol–water partition coefficient (Wildman–Crippen LogP) is 3.24. The third-order valence-corrected chi connectivity index (χ3v) is 4.03. The van der Waals surface area contributed by atoms with Gasteiger partial charge in [-0.3, -0.25) is 0 Å². The van der Waals surface area contributed by atoms with Gasteiger partial charge in [-0.25, -0.2) is 0 Å². The van der Waals surface area contributed by atoms with Crippen LogP contribution in [-0.4, -0.2) is 18.7 Å². The molecule has 0 heterocycles. The van der Waals surface area contributed by atoms with Crippen molar-refractivity contribution >= 4 is 5.69 Å². The molecule has 1 aromatic rings. The topological polar surface area (TPSA) is 47.3 Å². The Labute approximate surface area is 115 Å². The summed E-state index contributed by atoms with van der Waals surface area (Å²) in [5.41, 5.74) is 2.54. The average molecular weight is 258 g/mol. The van der Waals surface area contributed by atoms with Crippen molar-refractivity contribution in [3.8, 4) is 6.07 Å². The Bertz CT molecular complexity index is 470. The van der Waals surface area contributed by atoms with Crippen LogP contribution in [0, 0.1) is 17.2 Å². The molecule has 1 aromatic carbocycles. The van der Waals surface area contributed by atoms with Crippen molar-refractivity contribution < 1.29 is 5.11 Å². The fourth-order valence-corrected chi connectivity index (χ4v) is 2.98. The summed E-state index contributed by atoms with van der Waals surface area (Å²) in [4.78, 5) is 2.19. The van der Waals surface area contributed by atoms with Crippen LogP contribution in [0.1, 0.15) is 49.8 Å². The Hall–Kier alpha value is -1.53. The summed E-state index contributed by atoms with van der Waals surface area (Å²) < 4.78 is 0. The Morgan fingerprint density at radius 1 is 1.42 bits per heavy atom. The maximum atomic E-state index is 9.87. The Kier molecular flexibility index (Phi) is 4.44. The molecular formula is C16H22N2O. The van der Waals surface area contributed by atoms with Crippen LogP contribution >= 0.6 is 0 Å². The van der Waals surface area contributed by atoms with Crippen molar-refractivity contribution in [3.63, 3.8) is 0 Å². The number of anilines is 1. The zero-order valence-corrected chi connectivity index (χ0v) is 11.8. The molecule has 0 spiro atoms. The van der Waals surface area contributed by atoms with Crippen LogP contribution in [0.2, 0.25) is 0 Å². The van der Waals surface area contributed by atoms with Crippen LogP contribution < -0.4 is 4.90 Å². The number of aliphatic hydroxyl groups is 1. The van der Waals surface area contributed by atoms with Crippen LogP contribution in [0.3, 0.4) is 0 Å². The van der Waals surface area contributed by atoms with Gasteiger partial charge in [0.2, 0.25) is 0 Å². The van der Waals surface area contributed by atoms with Crippen molar-refractivity contribution in [1.29, 1.82) is 5.26 Å². The molecule has 1 aliphatic rings. The lowest BCUT2D eigenvalue weighted by Gasteiger charge is -2.26. The molecular weight excluding hydrogens is 236 g/mol. The van der Waals surface area contributed by atoms with E-state index in [4.69, 9.17) is 5.26 Å². The van der Waals surface area contributed by atoms with Gasteiger partial charge < -0.3 is 10.0 Å². The van der Waals surface area contributed by atoms with Gasteiger partial charge in [-0.15, -0.1) is 0 Å². The largest absolute Gasteiger partial charge is 0.389 e. The third kappa shape index (κ3) is 3.27. The number of rotatable bonds is 4. The minimum absolute atomic E-state index is 0.506. The quantitative estimate of drug-likeness (QED) is 0.902. The molecule has 0 radical (unpaired) electrons. The molecule has 1 aliphatic carbocycles. The van der Waals surface area contributed by atoms with Crippen molar-refractivity contribution in [2.24, 2.45) is 5.92 Å². The van der Waals surface area contributed by atoms with Crippen molar-refractivity contribution in [2.45, 2.75) is 38.7 Å². The molecule has 0 amide bonds. The highest BCUT2D eigenvalue weighted by atomic mass is 16.3. The lowest BCUT2D eigenvalue weighted by atomic mass is 10.0. The molecule has 0 bridgehead atoms. The van der Waals surface area contributed by atoms with Crippen LogP contribution in [-0.2, 0) is 0 Å². The third-order valence-electron chi connectivity index (χ3n) is 4.03. The highest BCUT2D eigenvalue weighted by molar-refractivity contribution is 5.58. The molecule has 2 rings (SSSR count). The summed E-state index contributed by atoms with van der Waals surface area (Å²) in [7, 11) is 2.06.